The number of ether oxygens (including phenoxy) is 1. The number of aromatic nitrogens is 2. The molecule has 1 amide bonds. The van der Waals surface area contributed by atoms with Crippen LogP contribution in [0.25, 0.3) is 5.69 Å². The molecule has 1 heterocycles. The number of carbonyl (C=O) groups excluding carboxylic acids is 1. The molecular weight excluding hydrogens is 358 g/mol. The van der Waals surface area contributed by atoms with E-state index in [4.69, 9.17) is 4.74 Å². The summed E-state index contributed by atoms with van der Waals surface area (Å²) in [5.41, 5.74) is 1.09. The normalized spacial score (nSPS) is 9.75. The first kappa shape index (κ1) is 22.3. The summed E-state index contributed by atoms with van der Waals surface area (Å²) in [4.78, 5) is 16.1. The number of methoxy groups -OCH3 is 1. The summed E-state index contributed by atoms with van der Waals surface area (Å²) >= 11 is 0. The fourth-order valence-electron chi connectivity index (χ4n) is 1.92. The maximum absolute atomic E-state index is 13.0. The molecule has 0 fully saturated rings. The van der Waals surface area contributed by atoms with Crippen LogP contribution in [0.1, 0.15) is 10.5 Å². The number of halogens is 3. The van der Waals surface area contributed by atoms with E-state index >= 15 is 0 Å². The van der Waals surface area contributed by atoms with Gasteiger partial charge in [-0.1, -0.05) is 0 Å². The van der Waals surface area contributed by atoms with Crippen molar-refractivity contribution >= 4 is 30.7 Å². The average molecular weight is 379 g/mol. The van der Waals surface area contributed by atoms with Crippen LogP contribution in [0.5, 0.6) is 0 Å². The standard InChI is InChI=1S/C15H19FN4O2.2ClH/c1-22-9-8-17-6-7-19-15(21)14-10-18-11-20(14)13-4-2-12(16)3-5-13;;/h2-5,10-11,17H,6-9H2,1H3,(H,19,21);2*1H. The van der Waals surface area contributed by atoms with Gasteiger partial charge in [0.05, 0.1) is 19.1 Å². The number of carbonyl (C=O) groups is 1. The molecule has 0 aliphatic carbocycles. The highest BCUT2D eigenvalue weighted by atomic mass is 35.5. The van der Waals surface area contributed by atoms with E-state index in [-0.39, 0.29) is 36.5 Å². The van der Waals surface area contributed by atoms with E-state index in [1.54, 1.807) is 23.8 Å². The van der Waals surface area contributed by atoms with Gasteiger partial charge in [-0.25, -0.2) is 9.37 Å². The van der Waals surface area contributed by atoms with E-state index in [0.717, 1.165) is 6.54 Å². The molecule has 0 spiro atoms. The highest BCUT2D eigenvalue weighted by molar-refractivity contribution is 5.93. The third-order valence-corrected chi connectivity index (χ3v) is 3.05. The SMILES string of the molecule is COCCNCCNC(=O)c1cncn1-c1ccc(F)cc1.Cl.Cl. The zero-order valence-corrected chi connectivity index (χ0v) is 14.8. The Morgan fingerprint density at radius 3 is 2.58 bits per heavy atom. The van der Waals surface area contributed by atoms with Crippen LogP contribution in [0, 0.1) is 5.82 Å². The number of nitrogens with zero attached hydrogens (tertiary/aromatic N) is 2. The lowest BCUT2D eigenvalue weighted by Crippen LogP contribution is -2.33. The lowest BCUT2D eigenvalue weighted by Gasteiger charge is -2.09. The average Bonchev–Trinajstić information content (AvgIpc) is 3.01. The highest BCUT2D eigenvalue weighted by Gasteiger charge is 2.12. The number of hydrogen-bond acceptors (Lipinski definition) is 4. The van der Waals surface area contributed by atoms with Crippen LogP contribution >= 0.6 is 24.8 Å². The zero-order chi connectivity index (χ0) is 15.8. The van der Waals surface area contributed by atoms with Gasteiger partial charge in [-0.2, -0.15) is 0 Å². The first-order chi connectivity index (χ1) is 10.7. The second-order valence-corrected chi connectivity index (χ2v) is 4.62. The summed E-state index contributed by atoms with van der Waals surface area (Å²) in [6, 6.07) is 5.88. The Morgan fingerprint density at radius 2 is 1.92 bits per heavy atom. The van der Waals surface area contributed by atoms with Crippen LogP contribution in [0.15, 0.2) is 36.8 Å². The Bertz CT molecular complexity index is 608. The molecule has 1 aromatic heterocycles. The maximum atomic E-state index is 13.0. The lowest BCUT2D eigenvalue weighted by atomic mass is 10.3. The van der Waals surface area contributed by atoms with E-state index in [0.29, 0.717) is 31.1 Å². The second-order valence-electron chi connectivity index (χ2n) is 4.62. The molecule has 0 saturated heterocycles. The van der Waals surface area contributed by atoms with Crippen LogP contribution in [-0.4, -0.2) is 48.8 Å². The van der Waals surface area contributed by atoms with Gasteiger partial charge in [0.15, 0.2) is 0 Å². The van der Waals surface area contributed by atoms with E-state index < -0.39 is 0 Å². The zero-order valence-electron chi connectivity index (χ0n) is 13.2. The number of hydrogen-bond donors (Lipinski definition) is 2. The van der Waals surface area contributed by atoms with Gasteiger partial charge < -0.3 is 15.4 Å². The maximum Gasteiger partial charge on any atom is 0.269 e. The van der Waals surface area contributed by atoms with Crippen LogP contribution in [0.4, 0.5) is 4.39 Å². The molecule has 0 unspecified atom stereocenters. The van der Waals surface area contributed by atoms with Crippen molar-refractivity contribution in [1.29, 1.82) is 0 Å². The van der Waals surface area contributed by atoms with Crippen LogP contribution in [-0.2, 0) is 4.74 Å². The highest BCUT2D eigenvalue weighted by Crippen LogP contribution is 2.12. The number of nitrogens with one attached hydrogen (secondary N) is 2. The largest absolute Gasteiger partial charge is 0.383 e. The van der Waals surface area contributed by atoms with Crippen LogP contribution < -0.4 is 10.6 Å². The van der Waals surface area contributed by atoms with Gasteiger partial charge >= 0.3 is 0 Å². The molecule has 6 nitrogen and oxygen atoms in total. The fraction of sp³-hybridized carbons (Fsp3) is 0.333. The lowest BCUT2D eigenvalue weighted by molar-refractivity contribution is 0.0947. The molecule has 134 valence electrons. The summed E-state index contributed by atoms with van der Waals surface area (Å²) in [5.74, 6) is -0.549. The molecule has 2 rings (SSSR count). The molecule has 0 saturated carbocycles. The first-order valence-electron chi connectivity index (χ1n) is 6.98. The molecule has 0 aliphatic rings. The van der Waals surface area contributed by atoms with Gasteiger partial charge in [0.25, 0.3) is 5.91 Å². The van der Waals surface area contributed by atoms with E-state index in [1.165, 1.54) is 24.7 Å². The van der Waals surface area contributed by atoms with Crippen LogP contribution in [0.3, 0.4) is 0 Å². The number of imidazole rings is 1. The Balaban J connectivity index is 0.00000264. The van der Waals surface area contributed by atoms with Gasteiger partial charge in [-0.15, -0.1) is 24.8 Å². The second kappa shape index (κ2) is 11.8. The van der Waals surface area contributed by atoms with E-state index in [9.17, 15) is 9.18 Å². The monoisotopic (exact) mass is 378 g/mol. The predicted molar refractivity (Wildman–Crippen MR) is 95.1 cm³/mol. The summed E-state index contributed by atoms with van der Waals surface area (Å²) in [5, 5.41) is 5.94. The van der Waals surface area contributed by atoms with Crippen molar-refractivity contribution in [1.82, 2.24) is 20.2 Å². The van der Waals surface area contributed by atoms with Crippen molar-refractivity contribution in [3.8, 4) is 5.69 Å². The molecule has 0 aliphatic heterocycles. The molecule has 0 atom stereocenters. The van der Waals surface area contributed by atoms with Crippen molar-refractivity contribution < 1.29 is 13.9 Å². The topological polar surface area (TPSA) is 68.2 Å². The van der Waals surface area contributed by atoms with Crippen molar-refractivity contribution in [3.63, 3.8) is 0 Å². The van der Waals surface area contributed by atoms with Gasteiger partial charge in [0.1, 0.15) is 11.5 Å². The summed E-state index contributed by atoms with van der Waals surface area (Å²) in [6.45, 7) is 2.52. The molecule has 24 heavy (non-hydrogen) atoms. The summed E-state index contributed by atoms with van der Waals surface area (Å²) < 4.78 is 19.5. The molecular formula is C15H21Cl2FN4O2. The summed E-state index contributed by atoms with van der Waals surface area (Å²) in [6.07, 6.45) is 3.01. The van der Waals surface area contributed by atoms with Crippen molar-refractivity contribution in [2.45, 2.75) is 0 Å². The minimum absolute atomic E-state index is 0. The number of rotatable bonds is 8. The number of amides is 1. The van der Waals surface area contributed by atoms with E-state index in [2.05, 4.69) is 15.6 Å². The minimum atomic E-state index is -0.322. The Kier molecular flexibility index (Phi) is 11.0. The Morgan fingerprint density at radius 1 is 1.21 bits per heavy atom. The van der Waals surface area contributed by atoms with E-state index in [1.807, 2.05) is 0 Å². The minimum Gasteiger partial charge on any atom is -0.383 e. The molecule has 2 N–H and O–H groups in total. The molecule has 2 aromatic rings. The van der Waals surface area contributed by atoms with Gasteiger partial charge in [-0.3, -0.25) is 9.36 Å². The first-order valence-corrected chi connectivity index (χ1v) is 6.98. The smallest absolute Gasteiger partial charge is 0.269 e. The van der Waals surface area contributed by atoms with Crippen molar-refractivity contribution in [2.24, 2.45) is 0 Å². The quantitative estimate of drug-likeness (QED) is 0.687. The van der Waals surface area contributed by atoms with Crippen molar-refractivity contribution in [2.75, 3.05) is 33.4 Å². The molecule has 0 radical (unpaired) electrons. The van der Waals surface area contributed by atoms with Crippen LogP contribution in [0.2, 0.25) is 0 Å². The van der Waals surface area contributed by atoms with Gasteiger partial charge in [0, 0.05) is 32.4 Å². The third kappa shape index (κ3) is 6.45. The molecule has 9 heteroatoms. The Labute approximate surface area is 152 Å². The van der Waals surface area contributed by atoms with Crippen molar-refractivity contribution in [3.05, 3.63) is 48.3 Å². The summed E-state index contributed by atoms with van der Waals surface area (Å²) in [7, 11) is 1.64. The Hall–Kier alpha value is -1.67. The third-order valence-electron chi connectivity index (χ3n) is 3.05. The molecule has 1 aromatic carbocycles. The fourth-order valence-corrected chi connectivity index (χ4v) is 1.92. The van der Waals surface area contributed by atoms with Gasteiger partial charge in [-0.05, 0) is 24.3 Å². The van der Waals surface area contributed by atoms with Gasteiger partial charge in [0.2, 0.25) is 0 Å². The number of benzene rings is 1. The molecule has 0 bridgehead atoms. The predicted octanol–water partition coefficient (Wildman–Crippen LogP) is 1.82.